The van der Waals surface area contributed by atoms with E-state index in [1.807, 2.05) is 13.0 Å². The van der Waals surface area contributed by atoms with E-state index in [0.29, 0.717) is 22.7 Å². The summed E-state index contributed by atoms with van der Waals surface area (Å²) in [6.07, 6.45) is 1.47. The minimum absolute atomic E-state index is 0.313. The number of hydrogen-bond acceptors (Lipinski definition) is 4. The number of benzene rings is 1. The molecule has 0 amide bonds. The van der Waals surface area contributed by atoms with Gasteiger partial charge in [0, 0.05) is 6.20 Å². The number of nitriles is 1. The van der Waals surface area contributed by atoms with Gasteiger partial charge in [-0.2, -0.15) is 5.26 Å². The van der Waals surface area contributed by atoms with Gasteiger partial charge >= 0.3 is 0 Å². The van der Waals surface area contributed by atoms with Gasteiger partial charge in [-0.05, 0) is 31.2 Å². The Labute approximate surface area is 116 Å². The van der Waals surface area contributed by atoms with Crippen LogP contribution in [0.5, 0.6) is 5.75 Å². The van der Waals surface area contributed by atoms with Crippen molar-refractivity contribution in [1.29, 1.82) is 5.26 Å². The molecule has 0 bridgehead atoms. The van der Waals surface area contributed by atoms with Crippen molar-refractivity contribution in [2.24, 2.45) is 0 Å². The molecule has 0 fully saturated rings. The van der Waals surface area contributed by atoms with Gasteiger partial charge < -0.3 is 10.1 Å². The van der Waals surface area contributed by atoms with Gasteiger partial charge in [-0.15, -0.1) is 0 Å². The van der Waals surface area contributed by atoms with Crippen LogP contribution in [0.2, 0.25) is 0 Å². The Kier molecular flexibility index (Phi) is 4.16. The van der Waals surface area contributed by atoms with E-state index in [1.54, 1.807) is 24.3 Å². The fourth-order valence-corrected chi connectivity index (χ4v) is 1.95. The van der Waals surface area contributed by atoms with E-state index in [-0.39, 0.29) is 11.9 Å². The smallest absolute Gasteiger partial charge is 0.132 e. The molecular formula is C15H14FN3O. The molecule has 1 aromatic carbocycles. The van der Waals surface area contributed by atoms with E-state index in [9.17, 15) is 4.39 Å². The molecule has 1 heterocycles. The second-order valence-electron chi connectivity index (χ2n) is 4.27. The molecule has 0 saturated heterocycles. The summed E-state index contributed by atoms with van der Waals surface area (Å²) in [5.74, 6) is 0.721. The zero-order valence-corrected chi connectivity index (χ0v) is 11.2. The summed E-state index contributed by atoms with van der Waals surface area (Å²) in [7, 11) is 1.50. The number of pyridine rings is 1. The first-order valence-corrected chi connectivity index (χ1v) is 6.10. The van der Waals surface area contributed by atoms with Crippen molar-refractivity contribution in [3.63, 3.8) is 0 Å². The van der Waals surface area contributed by atoms with Gasteiger partial charge in [0.05, 0.1) is 24.3 Å². The Balaban J connectivity index is 2.23. The van der Waals surface area contributed by atoms with Crippen LogP contribution in [0, 0.1) is 17.1 Å². The van der Waals surface area contributed by atoms with Crippen LogP contribution < -0.4 is 10.1 Å². The molecule has 0 spiro atoms. The number of ether oxygens (including phenoxy) is 1. The highest BCUT2D eigenvalue weighted by Crippen LogP contribution is 2.29. The van der Waals surface area contributed by atoms with E-state index in [1.165, 1.54) is 19.4 Å². The lowest BCUT2D eigenvalue weighted by atomic mass is 10.1. The molecule has 5 heteroatoms. The lowest BCUT2D eigenvalue weighted by molar-refractivity contribution is 0.402. The normalized spacial score (nSPS) is 11.5. The van der Waals surface area contributed by atoms with Crippen molar-refractivity contribution in [1.82, 2.24) is 4.98 Å². The highest BCUT2D eigenvalue weighted by molar-refractivity contribution is 5.45. The van der Waals surface area contributed by atoms with E-state index in [0.717, 1.165) is 0 Å². The number of halogens is 1. The largest absolute Gasteiger partial charge is 0.496 e. The number of nitrogens with one attached hydrogen (secondary N) is 1. The number of methoxy groups -OCH3 is 1. The first-order valence-electron chi connectivity index (χ1n) is 6.10. The minimum atomic E-state index is -0.335. The average molecular weight is 271 g/mol. The van der Waals surface area contributed by atoms with E-state index >= 15 is 0 Å². The maximum atomic E-state index is 13.9. The lowest BCUT2D eigenvalue weighted by Crippen LogP contribution is -2.11. The molecule has 2 rings (SSSR count). The Morgan fingerprint density at radius 3 is 2.75 bits per heavy atom. The number of anilines is 1. The molecule has 2 aromatic rings. The summed E-state index contributed by atoms with van der Waals surface area (Å²) in [5, 5.41) is 11.8. The third-order valence-electron chi connectivity index (χ3n) is 2.92. The quantitative estimate of drug-likeness (QED) is 0.927. The molecule has 0 aliphatic rings. The molecule has 4 nitrogen and oxygen atoms in total. The molecule has 0 radical (unpaired) electrons. The highest BCUT2D eigenvalue weighted by atomic mass is 19.1. The monoisotopic (exact) mass is 271 g/mol. The van der Waals surface area contributed by atoms with Gasteiger partial charge in [-0.3, -0.25) is 0 Å². The molecule has 0 aliphatic carbocycles. The van der Waals surface area contributed by atoms with Gasteiger partial charge in [0.25, 0.3) is 0 Å². The van der Waals surface area contributed by atoms with Crippen molar-refractivity contribution in [3.8, 4) is 11.8 Å². The van der Waals surface area contributed by atoms with Crippen LogP contribution in [0.25, 0.3) is 0 Å². The van der Waals surface area contributed by atoms with Gasteiger partial charge in [-0.1, -0.05) is 6.07 Å². The second kappa shape index (κ2) is 6.02. The fraction of sp³-hybridized carbons (Fsp3) is 0.200. The SMILES string of the molecule is COc1cccc(F)c1[C@@H](C)Nc1ccc(C#N)cn1. The number of aromatic nitrogens is 1. The third kappa shape index (κ3) is 2.86. The summed E-state index contributed by atoms with van der Waals surface area (Å²) in [5.41, 5.74) is 0.924. The number of hydrogen-bond donors (Lipinski definition) is 1. The lowest BCUT2D eigenvalue weighted by Gasteiger charge is -2.18. The Morgan fingerprint density at radius 2 is 2.15 bits per heavy atom. The van der Waals surface area contributed by atoms with Crippen LogP contribution in [0.3, 0.4) is 0 Å². The van der Waals surface area contributed by atoms with Gasteiger partial charge in [-0.25, -0.2) is 9.37 Å². The Morgan fingerprint density at radius 1 is 1.35 bits per heavy atom. The summed E-state index contributed by atoms with van der Waals surface area (Å²) >= 11 is 0. The molecule has 102 valence electrons. The molecule has 1 atom stereocenters. The maximum Gasteiger partial charge on any atom is 0.132 e. The third-order valence-corrected chi connectivity index (χ3v) is 2.92. The standard InChI is InChI=1S/C15H14FN3O/c1-10(15-12(16)4-3-5-13(15)20-2)19-14-7-6-11(8-17)9-18-14/h3-7,9-10H,1-2H3,(H,18,19)/t10-/m1/s1. The van der Waals surface area contributed by atoms with Crippen LogP contribution in [0.15, 0.2) is 36.5 Å². The molecule has 1 N–H and O–H groups in total. The summed E-state index contributed by atoms with van der Waals surface area (Å²) < 4.78 is 19.1. The fourth-order valence-electron chi connectivity index (χ4n) is 1.95. The topological polar surface area (TPSA) is 57.9 Å². The van der Waals surface area contributed by atoms with E-state index in [2.05, 4.69) is 10.3 Å². The van der Waals surface area contributed by atoms with Gasteiger partial charge in [0.1, 0.15) is 23.5 Å². The highest BCUT2D eigenvalue weighted by Gasteiger charge is 2.16. The number of nitrogens with zero attached hydrogens (tertiary/aromatic N) is 2. The van der Waals surface area contributed by atoms with Gasteiger partial charge in [0.2, 0.25) is 0 Å². The first kappa shape index (κ1) is 13.8. The predicted molar refractivity (Wildman–Crippen MR) is 73.9 cm³/mol. The molecule has 20 heavy (non-hydrogen) atoms. The van der Waals surface area contributed by atoms with Crippen LogP contribution in [-0.2, 0) is 0 Å². The first-order chi connectivity index (χ1) is 9.65. The molecule has 0 aliphatic heterocycles. The van der Waals surface area contributed by atoms with Crippen LogP contribution in [-0.4, -0.2) is 12.1 Å². The second-order valence-corrected chi connectivity index (χ2v) is 4.27. The molecule has 1 aromatic heterocycles. The van der Waals surface area contributed by atoms with Crippen LogP contribution in [0.4, 0.5) is 10.2 Å². The van der Waals surface area contributed by atoms with Crippen molar-refractivity contribution < 1.29 is 9.13 Å². The summed E-state index contributed by atoms with van der Waals surface area (Å²) in [6.45, 7) is 1.82. The van der Waals surface area contributed by atoms with E-state index in [4.69, 9.17) is 10.00 Å². The Hall–Kier alpha value is -2.61. The van der Waals surface area contributed by atoms with Crippen molar-refractivity contribution >= 4 is 5.82 Å². The maximum absolute atomic E-state index is 13.9. The van der Waals surface area contributed by atoms with Crippen molar-refractivity contribution in [2.45, 2.75) is 13.0 Å². The zero-order valence-electron chi connectivity index (χ0n) is 11.2. The van der Waals surface area contributed by atoms with Crippen LogP contribution >= 0.6 is 0 Å². The van der Waals surface area contributed by atoms with E-state index < -0.39 is 0 Å². The average Bonchev–Trinajstić information content (AvgIpc) is 2.47. The van der Waals surface area contributed by atoms with Crippen molar-refractivity contribution in [2.75, 3.05) is 12.4 Å². The number of rotatable bonds is 4. The van der Waals surface area contributed by atoms with Crippen molar-refractivity contribution in [3.05, 3.63) is 53.5 Å². The summed E-state index contributed by atoms with van der Waals surface area (Å²) in [4.78, 5) is 4.10. The molecule has 0 saturated carbocycles. The van der Waals surface area contributed by atoms with Crippen LogP contribution in [0.1, 0.15) is 24.1 Å². The molecular weight excluding hydrogens is 257 g/mol. The molecule has 0 unspecified atom stereocenters. The Bertz CT molecular complexity index is 635. The minimum Gasteiger partial charge on any atom is -0.496 e. The van der Waals surface area contributed by atoms with Gasteiger partial charge in [0.15, 0.2) is 0 Å². The zero-order chi connectivity index (χ0) is 14.5. The predicted octanol–water partition coefficient (Wildman–Crippen LogP) is 3.27. The summed E-state index contributed by atoms with van der Waals surface area (Å²) in [6, 6.07) is 9.72.